The number of hydrogen-bond donors (Lipinski definition) is 4. The van der Waals surface area contributed by atoms with Crippen LogP contribution in [0, 0.1) is 17.8 Å². The zero-order chi connectivity index (χ0) is 26.8. The minimum absolute atomic E-state index is 0.130. The highest BCUT2D eigenvalue weighted by molar-refractivity contribution is 6.02. The molecule has 2 aliphatic heterocycles. The number of carbonyl (C=O) groups is 4. The summed E-state index contributed by atoms with van der Waals surface area (Å²) in [5.74, 6) is -0.495. The van der Waals surface area contributed by atoms with Crippen LogP contribution >= 0.6 is 0 Å². The number of H-pyrrole nitrogens is 1. The van der Waals surface area contributed by atoms with Crippen molar-refractivity contribution in [1.29, 1.82) is 0 Å². The van der Waals surface area contributed by atoms with Gasteiger partial charge in [0.25, 0.3) is 5.91 Å². The van der Waals surface area contributed by atoms with E-state index in [-0.39, 0.29) is 30.1 Å². The van der Waals surface area contributed by atoms with Crippen molar-refractivity contribution < 1.29 is 23.9 Å². The lowest BCUT2D eigenvalue weighted by molar-refractivity contribution is -0.131. The van der Waals surface area contributed by atoms with Crippen molar-refractivity contribution >= 4 is 34.5 Å². The molecule has 1 saturated carbocycles. The molecule has 3 aliphatic rings. The number of primary amides is 1. The van der Waals surface area contributed by atoms with Crippen LogP contribution in [-0.4, -0.2) is 65.8 Å². The lowest BCUT2D eigenvalue weighted by atomic mass is 9.79. The summed E-state index contributed by atoms with van der Waals surface area (Å²) in [6.45, 7) is 1.03. The van der Waals surface area contributed by atoms with Crippen molar-refractivity contribution in [3.05, 3.63) is 30.0 Å². The molecule has 4 atom stereocenters. The van der Waals surface area contributed by atoms with Gasteiger partial charge >= 0.3 is 0 Å². The SMILES string of the molecule is COc1cccc2[nH]c(C(=O)N3C[C@H](C4CCCCC4)C[C@H]3C(=O)NC(CC3CCNC3=O)C(N)=O)cc12. The summed E-state index contributed by atoms with van der Waals surface area (Å²) in [6.07, 6.45) is 7.06. The number of carbonyl (C=O) groups excluding carboxylic acids is 4. The molecule has 38 heavy (non-hydrogen) atoms. The Balaban J connectivity index is 1.38. The molecule has 1 aromatic heterocycles. The molecule has 0 radical (unpaired) electrons. The van der Waals surface area contributed by atoms with Gasteiger partial charge in [-0.3, -0.25) is 19.2 Å². The van der Waals surface area contributed by atoms with Gasteiger partial charge in [-0.15, -0.1) is 0 Å². The molecular weight excluding hydrogens is 486 g/mol. The first-order valence-corrected chi connectivity index (χ1v) is 13.7. The molecule has 1 aliphatic carbocycles. The quantitative estimate of drug-likeness (QED) is 0.418. The van der Waals surface area contributed by atoms with Crippen LogP contribution in [0.1, 0.15) is 61.9 Å². The molecule has 2 saturated heterocycles. The van der Waals surface area contributed by atoms with E-state index in [2.05, 4.69) is 15.6 Å². The predicted octanol–water partition coefficient (Wildman–Crippen LogP) is 2.08. The summed E-state index contributed by atoms with van der Waals surface area (Å²) in [5, 5.41) is 6.34. The monoisotopic (exact) mass is 523 g/mol. The second kappa shape index (κ2) is 11.0. The lowest BCUT2D eigenvalue weighted by Crippen LogP contribution is -2.53. The number of methoxy groups -OCH3 is 1. The normalized spacial score (nSPS) is 24.8. The maximum atomic E-state index is 13.8. The van der Waals surface area contributed by atoms with Gasteiger partial charge in [-0.1, -0.05) is 38.2 Å². The maximum Gasteiger partial charge on any atom is 0.270 e. The molecule has 3 fully saturated rings. The third-order valence-corrected chi connectivity index (χ3v) is 8.63. The molecule has 204 valence electrons. The molecule has 0 bridgehead atoms. The number of benzene rings is 1. The van der Waals surface area contributed by atoms with Gasteiger partial charge in [0, 0.05) is 29.9 Å². The Morgan fingerprint density at radius 3 is 2.63 bits per heavy atom. The third kappa shape index (κ3) is 5.21. The highest BCUT2D eigenvalue weighted by atomic mass is 16.5. The third-order valence-electron chi connectivity index (χ3n) is 8.63. The van der Waals surface area contributed by atoms with E-state index in [9.17, 15) is 19.2 Å². The number of likely N-dealkylation sites (tertiary alicyclic amines) is 1. The number of fused-ring (bicyclic) bond motifs is 1. The first kappa shape index (κ1) is 26.1. The first-order chi connectivity index (χ1) is 18.4. The number of nitrogens with two attached hydrogens (primary N) is 1. The first-order valence-electron chi connectivity index (χ1n) is 13.7. The molecule has 5 N–H and O–H groups in total. The van der Waals surface area contributed by atoms with Gasteiger partial charge < -0.3 is 31.0 Å². The zero-order valence-electron chi connectivity index (χ0n) is 21.8. The highest BCUT2D eigenvalue weighted by Gasteiger charge is 2.44. The van der Waals surface area contributed by atoms with Crippen molar-refractivity contribution in [1.82, 2.24) is 20.5 Å². The van der Waals surface area contributed by atoms with Crippen molar-refractivity contribution in [2.45, 2.75) is 63.5 Å². The van der Waals surface area contributed by atoms with Crippen LogP contribution in [0.15, 0.2) is 24.3 Å². The van der Waals surface area contributed by atoms with E-state index in [1.807, 2.05) is 18.2 Å². The van der Waals surface area contributed by atoms with Gasteiger partial charge in [0.2, 0.25) is 17.7 Å². The average Bonchev–Trinajstić information content (AvgIpc) is 3.66. The largest absolute Gasteiger partial charge is 0.496 e. The smallest absolute Gasteiger partial charge is 0.270 e. The number of ether oxygens (including phenoxy) is 1. The maximum absolute atomic E-state index is 13.8. The summed E-state index contributed by atoms with van der Waals surface area (Å²) in [5.41, 5.74) is 6.79. The van der Waals surface area contributed by atoms with E-state index in [0.717, 1.165) is 23.7 Å². The summed E-state index contributed by atoms with van der Waals surface area (Å²) in [7, 11) is 1.59. The number of hydrogen-bond acceptors (Lipinski definition) is 5. The van der Waals surface area contributed by atoms with Crippen molar-refractivity contribution in [3.8, 4) is 5.75 Å². The van der Waals surface area contributed by atoms with Gasteiger partial charge in [0.1, 0.15) is 23.5 Å². The Kier molecular flexibility index (Phi) is 7.58. The van der Waals surface area contributed by atoms with Crippen LogP contribution in [0.2, 0.25) is 0 Å². The van der Waals surface area contributed by atoms with Crippen molar-refractivity contribution in [2.75, 3.05) is 20.2 Å². The standard InChI is InChI=1S/C28H37N5O5/c1-38-24-9-5-8-20-19(24)14-22(31-20)28(37)33-15-18(16-6-3-2-4-7-16)13-23(33)27(36)32-21(25(29)34)12-17-10-11-30-26(17)35/h5,8-9,14,16-18,21,23,31H,2-4,6-7,10-13,15H2,1H3,(H2,29,34)(H,30,35)(H,32,36)/t17?,18-,21?,23+/m1/s1. The average molecular weight is 524 g/mol. The summed E-state index contributed by atoms with van der Waals surface area (Å²) < 4.78 is 5.45. The molecule has 0 spiro atoms. The fourth-order valence-electron chi connectivity index (χ4n) is 6.53. The number of aromatic nitrogens is 1. The number of nitrogens with zero attached hydrogens (tertiary/aromatic N) is 1. The van der Waals surface area contributed by atoms with Gasteiger partial charge in [-0.25, -0.2) is 0 Å². The molecular formula is C28H37N5O5. The summed E-state index contributed by atoms with van der Waals surface area (Å²) in [4.78, 5) is 56.6. The van der Waals surface area contributed by atoms with Crippen LogP contribution in [0.25, 0.3) is 10.9 Å². The Labute approximate surface area is 222 Å². The fraction of sp³-hybridized carbons (Fsp3) is 0.571. The Bertz CT molecular complexity index is 1220. The van der Waals surface area contributed by atoms with E-state index in [1.54, 1.807) is 18.1 Å². The van der Waals surface area contributed by atoms with Gasteiger partial charge in [-0.05, 0) is 49.3 Å². The topological polar surface area (TPSA) is 147 Å². The van der Waals surface area contributed by atoms with Crippen LogP contribution in [0.4, 0.5) is 0 Å². The van der Waals surface area contributed by atoms with E-state index in [4.69, 9.17) is 10.5 Å². The summed E-state index contributed by atoms with van der Waals surface area (Å²) >= 11 is 0. The van der Waals surface area contributed by atoms with Crippen LogP contribution in [-0.2, 0) is 14.4 Å². The van der Waals surface area contributed by atoms with Crippen LogP contribution < -0.4 is 21.1 Å². The van der Waals surface area contributed by atoms with E-state index < -0.39 is 23.9 Å². The zero-order valence-corrected chi connectivity index (χ0v) is 21.8. The molecule has 1 aromatic carbocycles. The predicted molar refractivity (Wildman–Crippen MR) is 141 cm³/mol. The fourth-order valence-corrected chi connectivity index (χ4v) is 6.53. The second-order valence-electron chi connectivity index (χ2n) is 10.9. The van der Waals surface area contributed by atoms with Gasteiger partial charge in [0.05, 0.1) is 7.11 Å². The minimum atomic E-state index is -0.973. The Hall–Kier alpha value is -3.56. The van der Waals surface area contributed by atoms with E-state index in [0.29, 0.717) is 43.3 Å². The number of aromatic amines is 1. The number of rotatable bonds is 8. The lowest BCUT2D eigenvalue weighted by Gasteiger charge is -2.27. The molecule has 3 heterocycles. The molecule has 2 unspecified atom stereocenters. The van der Waals surface area contributed by atoms with Crippen molar-refractivity contribution in [3.63, 3.8) is 0 Å². The number of nitrogens with one attached hydrogen (secondary N) is 3. The van der Waals surface area contributed by atoms with Crippen LogP contribution in [0.5, 0.6) is 5.75 Å². The summed E-state index contributed by atoms with van der Waals surface area (Å²) in [6, 6.07) is 5.64. The molecule has 10 heteroatoms. The number of amides is 4. The van der Waals surface area contributed by atoms with E-state index >= 15 is 0 Å². The Morgan fingerprint density at radius 1 is 1.16 bits per heavy atom. The van der Waals surface area contributed by atoms with Gasteiger partial charge in [-0.2, -0.15) is 0 Å². The molecule has 10 nitrogen and oxygen atoms in total. The molecule has 5 rings (SSSR count). The van der Waals surface area contributed by atoms with E-state index in [1.165, 1.54) is 19.3 Å². The van der Waals surface area contributed by atoms with Crippen LogP contribution in [0.3, 0.4) is 0 Å². The van der Waals surface area contributed by atoms with Crippen molar-refractivity contribution in [2.24, 2.45) is 23.5 Å². The van der Waals surface area contributed by atoms with Gasteiger partial charge in [0.15, 0.2) is 0 Å². The molecule has 2 aromatic rings. The molecule has 4 amide bonds. The highest BCUT2D eigenvalue weighted by Crippen LogP contribution is 2.38. The minimum Gasteiger partial charge on any atom is -0.496 e. The second-order valence-corrected chi connectivity index (χ2v) is 10.9. The Morgan fingerprint density at radius 2 is 1.95 bits per heavy atom.